The molecule has 0 unspecified atom stereocenters. The predicted molar refractivity (Wildman–Crippen MR) is 76.7 cm³/mol. The van der Waals surface area contributed by atoms with Gasteiger partial charge in [-0.25, -0.2) is 4.98 Å². The molecule has 2 heterocycles. The fraction of sp³-hybridized carbons (Fsp3) is 0.467. The van der Waals surface area contributed by atoms with Crippen LogP contribution in [0.15, 0.2) is 24.3 Å². The van der Waals surface area contributed by atoms with E-state index < -0.39 is 12.0 Å². The van der Waals surface area contributed by atoms with Crippen molar-refractivity contribution in [2.75, 3.05) is 13.1 Å². The first-order chi connectivity index (χ1) is 9.65. The second-order valence-electron chi connectivity index (χ2n) is 5.46. The molecule has 106 valence electrons. The van der Waals surface area contributed by atoms with Crippen LogP contribution in [0.25, 0.3) is 11.0 Å². The summed E-state index contributed by atoms with van der Waals surface area (Å²) in [6.45, 7) is 3.38. The molecule has 0 radical (unpaired) electrons. The molecule has 1 aromatic carbocycles. The number of benzene rings is 1. The molecule has 20 heavy (non-hydrogen) atoms. The van der Waals surface area contributed by atoms with Gasteiger partial charge in [0.05, 0.1) is 11.0 Å². The summed E-state index contributed by atoms with van der Waals surface area (Å²) in [6.07, 6.45) is 1.91. The average Bonchev–Trinajstić information content (AvgIpc) is 2.90. The first kappa shape index (κ1) is 13.1. The number of H-pyrrole nitrogens is 1. The van der Waals surface area contributed by atoms with Crippen LogP contribution < -0.4 is 0 Å². The number of carbonyl (C=O) groups is 1. The molecule has 3 rings (SSSR count). The second kappa shape index (κ2) is 5.25. The standard InChI is InChI=1S/C15H19N3O2/c1-10(15(19)20)18-8-6-11(7-9-18)14-16-12-4-2-3-5-13(12)17-14/h2-5,10-11H,6-9H2,1H3,(H,16,17)(H,19,20)/t10-/m0/s1. The molecular weight excluding hydrogens is 254 g/mol. The molecule has 1 atom stereocenters. The molecule has 1 aromatic heterocycles. The lowest BCUT2D eigenvalue weighted by Gasteiger charge is -2.33. The van der Waals surface area contributed by atoms with E-state index in [0.29, 0.717) is 5.92 Å². The summed E-state index contributed by atoms with van der Waals surface area (Å²) < 4.78 is 0. The Balaban J connectivity index is 1.70. The number of imidazole rings is 1. The van der Waals surface area contributed by atoms with E-state index in [1.165, 1.54) is 0 Å². The van der Waals surface area contributed by atoms with Gasteiger partial charge in [0.2, 0.25) is 0 Å². The van der Waals surface area contributed by atoms with Crippen LogP contribution in [0.5, 0.6) is 0 Å². The highest BCUT2D eigenvalue weighted by atomic mass is 16.4. The fourth-order valence-electron chi connectivity index (χ4n) is 2.88. The van der Waals surface area contributed by atoms with Gasteiger partial charge in [-0.1, -0.05) is 12.1 Å². The van der Waals surface area contributed by atoms with E-state index in [9.17, 15) is 4.79 Å². The van der Waals surface area contributed by atoms with Crippen molar-refractivity contribution in [1.82, 2.24) is 14.9 Å². The molecule has 5 nitrogen and oxygen atoms in total. The number of nitrogens with zero attached hydrogens (tertiary/aromatic N) is 2. The summed E-state index contributed by atoms with van der Waals surface area (Å²) >= 11 is 0. The monoisotopic (exact) mass is 273 g/mol. The number of carboxylic acids is 1. The molecule has 0 saturated carbocycles. The topological polar surface area (TPSA) is 69.2 Å². The van der Waals surface area contributed by atoms with Gasteiger partial charge in [-0.3, -0.25) is 9.69 Å². The normalized spacial score (nSPS) is 19.2. The van der Waals surface area contributed by atoms with Crippen LogP contribution in [0.1, 0.15) is 31.5 Å². The quantitative estimate of drug-likeness (QED) is 0.899. The Morgan fingerprint density at radius 1 is 1.40 bits per heavy atom. The molecule has 1 aliphatic heterocycles. The van der Waals surface area contributed by atoms with Gasteiger partial charge in [0.1, 0.15) is 11.9 Å². The Morgan fingerprint density at radius 2 is 2.10 bits per heavy atom. The van der Waals surface area contributed by atoms with Gasteiger partial charge in [0, 0.05) is 5.92 Å². The molecule has 2 aromatic rings. The van der Waals surface area contributed by atoms with E-state index >= 15 is 0 Å². The van der Waals surface area contributed by atoms with Crippen LogP contribution in [0.4, 0.5) is 0 Å². The lowest BCUT2D eigenvalue weighted by molar-refractivity contribution is -0.143. The number of aromatic nitrogens is 2. The number of aromatic amines is 1. The number of piperidine rings is 1. The maximum atomic E-state index is 11.0. The maximum Gasteiger partial charge on any atom is 0.320 e. The minimum Gasteiger partial charge on any atom is -0.480 e. The van der Waals surface area contributed by atoms with Gasteiger partial charge in [-0.05, 0) is 45.0 Å². The molecule has 5 heteroatoms. The summed E-state index contributed by atoms with van der Waals surface area (Å²) in [5.41, 5.74) is 2.08. The van der Waals surface area contributed by atoms with E-state index in [-0.39, 0.29) is 0 Å². The summed E-state index contributed by atoms with van der Waals surface area (Å²) in [6, 6.07) is 7.64. The van der Waals surface area contributed by atoms with Crippen molar-refractivity contribution in [3.05, 3.63) is 30.1 Å². The number of fused-ring (bicyclic) bond motifs is 1. The molecule has 2 N–H and O–H groups in total. The van der Waals surface area contributed by atoms with Crippen LogP contribution in [0.2, 0.25) is 0 Å². The number of hydrogen-bond acceptors (Lipinski definition) is 3. The number of hydrogen-bond donors (Lipinski definition) is 2. The maximum absolute atomic E-state index is 11.0. The zero-order valence-electron chi connectivity index (χ0n) is 11.5. The van der Waals surface area contributed by atoms with Crippen LogP contribution in [-0.2, 0) is 4.79 Å². The minimum absolute atomic E-state index is 0.397. The Labute approximate surface area is 117 Å². The van der Waals surface area contributed by atoms with E-state index in [2.05, 4.69) is 9.97 Å². The smallest absolute Gasteiger partial charge is 0.320 e. The lowest BCUT2D eigenvalue weighted by Crippen LogP contribution is -2.43. The van der Waals surface area contributed by atoms with Gasteiger partial charge in [-0.2, -0.15) is 0 Å². The molecule has 1 saturated heterocycles. The van der Waals surface area contributed by atoms with Crippen molar-refractivity contribution in [3.63, 3.8) is 0 Å². The number of rotatable bonds is 3. The second-order valence-corrected chi connectivity index (χ2v) is 5.46. The predicted octanol–water partition coefficient (Wildman–Crippen LogP) is 2.22. The molecule has 0 bridgehead atoms. The summed E-state index contributed by atoms with van der Waals surface area (Å²) in [5, 5.41) is 9.05. The van der Waals surface area contributed by atoms with Crippen molar-refractivity contribution in [2.45, 2.75) is 31.7 Å². The zero-order chi connectivity index (χ0) is 14.1. The molecule has 1 fully saturated rings. The number of para-hydroxylation sites is 2. The van der Waals surface area contributed by atoms with Gasteiger partial charge in [0.15, 0.2) is 0 Å². The SMILES string of the molecule is C[C@@H](C(=O)O)N1CCC(c2nc3ccccc3[nH]2)CC1. The van der Waals surface area contributed by atoms with Gasteiger partial charge >= 0.3 is 5.97 Å². The van der Waals surface area contributed by atoms with E-state index in [1.54, 1.807) is 6.92 Å². The van der Waals surface area contributed by atoms with Crippen LogP contribution in [0, 0.1) is 0 Å². The largest absolute Gasteiger partial charge is 0.480 e. The zero-order valence-corrected chi connectivity index (χ0v) is 11.5. The highest BCUT2D eigenvalue weighted by Gasteiger charge is 2.28. The Morgan fingerprint density at radius 3 is 2.75 bits per heavy atom. The van der Waals surface area contributed by atoms with Gasteiger partial charge in [-0.15, -0.1) is 0 Å². The van der Waals surface area contributed by atoms with Crippen molar-refractivity contribution >= 4 is 17.0 Å². The molecular formula is C15H19N3O2. The first-order valence-corrected chi connectivity index (χ1v) is 7.06. The third-order valence-electron chi connectivity index (χ3n) is 4.23. The summed E-state index contributed by atoms with van der Waals surface area (Å²) in [7, 11) is 0. The van der Waals surface area contributed by atoms with Crippen molar-refractivity contribution < 1.29 is 9.90 Å². The Bertz CT molecular complexity index is 581. The number of likely N-dealkylation sites (tertiary alicyclic amines) is 1. The third kappa shape index (κ3) is 2.41. The van der Waals surface area contributed by atoms with Crippen molar-refractivity contribution in [1.29, 1.82) is 0 Å². The van der Waals surface area contributed by atoms with Gasteiger partial charge < -0.3 is 10.1 Å². The average molecular weight is 273 g/mol. The van der Waals surface area contributed by atoms with E-state index in [1.807, 2.05) is 29.2 Å². The van der Waals surface area contributed by atoms with Crippen LogP contribution >= 0.6 is 0 Å². The molecule has 0 aliphatic carbocycles. The van der Waals surface area contributed by atoms with E-state index in [0.717, 1.165) is 42.8 Å². The highest BCUT2D eigenvalue weighted by Crippen LogP contribution is 2.28. The van der Waals surface area contributed by atoms with Crippen molar-refractivity contribution in [2.24, 2.45) is 0 Å². The Hall–Kier alpha value is -1.88. The molecule has 0 amide bonds. The number of carboxylic acid groups (broad SMARTS) is 1. The van der Waals surface area contributed by atoms with Crippen molar-refractivity contribution in [3.8, 4) is 0 Å². The number of aliphatic carboxylic acids is 1. The van der Waals surface area contributed by atoms with Gasteiger partial charge in [0.25, 0.3) is 0 Å². The molecule has 1 aliphatic rings. The lowest BCUT2D eigenvalue weighted by atomic mass is 9.95. The first-order valence-electron chi connectivity index (χ1n) is 7.06. The highest BCUT2D eigenvalue weighted by molar-refractivity contribution is 5.75. The summed E-state index contributed by atoms with van der Waals surface area (Å²) in [5.74, 6) is 0.695. The van der Waals surface area contributed by atoms with Crippen LogP contribution in [-0.4, -0.2) is 45.1 Å². The third-order valence-corrected chi connectivity index (χ3v) is 4.23. The molecule has 0 spiro atoms. The van der Waals surface area contributed by atoms with E-state index in [4.69, 9.17) is 5.11 Å². The minimum atomic E-state index is -0.743. The summed E-state index contributed by atoms with van der Waals surface area (Å²) in [4.78, 5) is 21.1. The van der Waals surface area contributed by atoms with Crippen LogP contribution in [0.3, 0.4) is 0 Å². The Kier molecular flexibility index (Phi) is 3.44. The fourth-order valence-corrected chi connectivity index (χ4v) is 2.88. The number of nitrogens with one attached hydrogen (secondary N) is 1.